The number of carbonyl (C=O) groups is 1. The van der Waals surface area contributed by atoms with E-state index in [1.807, 2.05) is 0 Å². The minimum absolute atomic E-state index is 0.00662. The highest BCUT2D eigenvalue weighted by Gasteiger charge is 2.31. The van der Waals surface area contributed by atoms with E-state index in [1.165, 1.54) is 0 Å². The molecule has 0 fully saturated rings. The van der Waals surface area contributed by atoms with Crippen molar-refractivity contribution in [3.63, 3.8) is 0 Å². The summed E-state index contributed by atoms with van der Waals surface area (Å²) in [6.07, 6.45) is -1.32. The van der Waals surface area contributed by atoms with Gasteiger partial charge in [0.05, 0.1) is 21.5 Å². The lowest BCUT2D eigenvalue weighted by Crippen LogP contribution is -2.23. The predicted molar refractivity (Wildman–Crippen MR) is 130 cm³/mol. The molecular weight excluding hydrogens is 522 g/mol. The maximum atomic E-state index is 13.1. The van der Waals surface area contributed by atoms with Crippen LogP contribution in [0.25, 0.3) is 17.1 Å². The molecule has 0 aliphatic rings. The molecule has 0 unspecified atom stereocenters. The molecule has 0 radical (unpaired) electrons. The summed E-state index contributed by atoms with van der Waals surface area (Å²) in [4.78, 5) is 16.9. The van der Waals surface area contributed by atoms with Crippen molar-refractivity contribution in [2.24, 2.45) is 0 Å². The third-order valence-electron chi connectivity index (χ3n) is 4.86. The number of alkyl halides is 3. The fourth-order valence-electron chi connectivity index (χ4n) is 3.10. The zero-order valence-corrected chi connectivity index (χ0v) is 20.3. The van der Waals surface area contributed by atoms with Gasteiger partial charge in [0, 0.05) is 28.7 Å². The van der Waals surface area contributed by atoms with E-state index in [9.17, 15) is 18.0 Å². The molecule has 35 heavy (non-hydrogen) atoms. The average Bonchev–Trinajstić information content (AvgIpc) is 3.24. The molecule has 1 atom stereocenters. The second-order valence-electron chi connectivity index (χ2n) is 7.30. The standard InChI is InChI=1S/C23H16Cl2F3N5OS/c1-13(21(34)30-19-12-15(23(26,27)28)2-7-18(19)25)35-22-32-31-20(14-8-10-29-11-9-14)33(22)17-5-3-16(24)4-6-17/h2-13H,1H3,(H,30,34)/t13-/m0/s1. The van der Waals surface area contributed by atoms with Gasteiger partial charge in [-0.15, -0.1) is 10.2 Å². The summed E-state index contributed by atoms with van der Waals surface area (Å²) in [6.45, 7) is 1.61. The zero-order valence-electron chi connectivity index (χ0n) is 17.9. The molecule has 0 aliphatic heterocycles. The topological polar surface area (TPSA) is 72.7 Å². The SMILES string of the molecule is C[C@H](Sc1nnc(-c2ccncc2)n1-c1ccc(Cl)cc1)C(=O)Nc1cc(C(F)(F)F)ccc1Cl. The molecular formula is C23H16Cl2F3N5OS. The van der Waals surface area contributed by atoms with Crippen molar-refractivity contribution in [1.29, 1.82) is 0 Å². The number of anilines is 1. The molecule has 180 valence electrons. The summed E-state index contributed by atoms with van der Waals surface area (Å²) in [6, 6.07) is 13.3. The first kappa shape index (κ1) is 25.0. The molecule has 0 saturated heterocycles. The number of amides is 1. The van der Waals surface area contributed by atoms with Crippen LogP contribution in [0.1, 0.15) is 12.5 Å². The van der Waals surface area contributed by atoms with Crippen LogP contribution >= 0.6 is 35.0 Å². The first-order chi connectivity index (χ1) is 16.6. The van der Waals surface area contributed by atoms with Crippen LogP contribution in [0.15, 0.2) is 72.1 Å². The molecule has 0 saturated carbocycles. The second-order valence-corrected chi connectivity index (χ2v) is 9.45. The summed E-state index contributed by atoms with van der Waals surface area (Å²) in [5.74, 6) is -0.0295. The molecule has 0 bridgehead atoms. The number of rotatable bonds is 6. The van der Waals surface area contributed by atoms with Crippen LogP contribution in [-0.4, -0.2) is 30.9 Å². The largest absolute Gasteiger partial charge is 0.416 e. The number of nitrogens with one attached hydrogen (secondary N) is 1. The number of aromatic nitrogens is 4. The minimum Gasteiger partial charge on any atom is -0.324 e. The summed E-state index contributed by atoms with van der Waals surface area (Å²) in [5.41, 5.74) is 0.418. The van der Waals surface area contributed by atoms with Crippen LogP contribution in [0.3, 0.4) is 0 Å². The fraction of sp³-hybridized carbons (Fsp3) is 0.130. The predicted octanol–water partition coefficient (Wildman–Crippen LogP) is 6.77. The molecule has 12 heteroatoms. The maximum absolute atomic E-state index is 13.1. The Morgan fingerprint density at radius 1 is 1.03 bits per heavy atom. The highest BCUT2D eigenvalue weighted by molar-refractivity contribution is 8.00. The number of pyridine rings is 1. The van der Waals surface area contributed by atoms with Crippen LogP contribution in [0.4, 0.5) is 18.9 Å². The zero-order chi connectivity index (χ0) is 25.2. The van der Waals surface area contributed by atoms with Crippen LogP contribution < -0.4 is 5.32 Å². The van der Waals surface area contributed by atoms with Gasteiger partial charge < -0.3 is 5.32 Å². The Morgan fingerprint density at radius 3 is 2.37 bits per heavy atom. The van der Waals surface area contributed by atoms with Crippen molar-refractivity contribution >= 4 is 46.6 Å². The van der Waals surface area contributed by atoms with E-state index in [-0.39, 0.29) is 10.7 Å². The lowest BCUT2D eigenvalue weighted by atomic mass is 10.2. The van der Waals surface area contributed by atoms with E-state index >= 15 is 0 Å². The Morgan fingerprint density at radius 2 is 1.71 bits per heavy atom. The number of halogens is 5. The summed E-state index contributed by atoms with van der Waals surface area (Å²) in [5, 5.41) is 11.2. The molecule has 1 N–H and O–H groups in total. The molecule has 1 amide bonds. The lowest BCUT2D eigenvalue weighted by Gasteiger charge is -2.15. The first-order valence-electron chi connectivity index (χ1n) is 10.1. The Hall–Kier alpha value is -3.08. The molecule has 2 aromatic carbocycles. The fourth-order valence-corrected chi connectivity index (χ4v) is 4.26. The van der Waals surface area contributed by atoms with E-state index in [2.05, 4.69) is 20.5 Å². The molecule has 2 aromatic heterocycles. The maximum Gasteiger partial charge on any atom is 0.416 e. The molecule has 4 aromatic rings. The number of nitrogens with zero attached hydrogens (tertiary/aromatic N) is 4. The van der Waals surface area contributed by atoms with Crippen molar-refractivity contribution < 1.29 is 18.0 Å². The van der Waals surface area contributed by atoms with Crippen molar-refractivity contribution in [3.8, 4) is 17.1 Å². The van der Waals surface area contributed by atoms with Gasteiger partial charge in [0.15, 0.2) is 11.0 Å². The summed E-state index contributed by atoms with van der Waals surface area (Å²) < 4.78 is 41.0. The van der Waals surface area contributed by atoms with Crippen molar-refractivity contribution in [3.05, 3.63) is 82.6 Å². The summed E-state index contributed by atoms with van der Waals surface area (Å²) >= 11 is 13.1. The van der Waals surface area contributed by atoms with Gasteiger partial charge in [0.1, 0.15) is 0 Å². The number of carbonyl (C=O) groups excluding carboxylic acids is 1. The number of hydrogen-bond donors (Lipinski definition) is 1. The van der Waals surface area contributed by atoms with Crippen LogP contribution in [0.2, 0.25) is 10.0 Å². The van der Waals surface area contributed by atoms with E-state index < -0.39 is 22.9 Å². The quantitative estimate of drug-likeness (QED) is 0.274. The Bertz CT molecular complexity index is 1350. The Kier molecular flexibility index (Phi) is 7.34. The Labute approximate surface area is 212 Å². The molecule has 6 nitrogen and oxygen atoms in total. The highest BCUT2D eigenvalue weighted by Crippen LogP contribution is 2.35. The van der Waals surface area contributed by atoms with E-state index in [4.69, 9.17) is 23.2 Å². The minimum atomic E-state index is -4.57. The smallest absolute Gasteiger partial charge is 0.324 e. The van der Waals surface area contributed by atoms with E-state index in [1.54, 1.807) is 60.3 Å². The van der Waals surface area contributed by atoms with Gasteiger partial charge in [0.2, 0.25) is 5.91 Å². The number of benzene rings is 2. The van der Waals surface area contributed by atoms with Crippen LogP contribution in [0, 0.1) is 0 Å². The third kappa shape index (κ3) is 5.77. The third-order valence-corrected chi connectivity index (χ3v) is 6.48. The van der Waals surface area contributed by atoms with Crippen molar-refractivity contribution in [1.82, 2.24) is 19.7 Å². The van der Waals surface area contributed by atoms with Gasteiger partial charge in [-0.1, -0.05) is 35.0 Å². The first-order valence-corrected chi connectivity index (χ1v) is 11.7. The number of thioether (sulfide) groups is 1. The Balaban J connectivity index is 1.62. The van der Waals surface area contributed by atoms with E-state index in [0.29, 0.717) is 21.7 Å². The van der Waals surface area contributed by atoms with Gasteiger partial charge in [-0.3, -0.25) is 14.3 Å². The number of hydrogen-bond acceptors (Lipinski definition) is 5. The second kappa shape index (κ2) is 10.3. The molecule has 0 aliphatic carbocycles. The van der Waals surface area contributed by atoms with Crippen molar-refractivity contribution in [2.75, 3.05) is 5.32 Å². The molecule has 4 rings (SSSR count). The highest BCUT2D eigenvalue weighted by atomic mass is 35.5. The van der Waals surface area contributed by atoms with Gasteiger partial charge in [0.25, 0.3) is 0 Å². The molecule has 0 spiro atoms. The van der Waals surface area contributed by atoms with Crippen LogP contribution in [-0.2, 0) is 11.0 Å². The van der Waals surface area contributed by atoms with E-state index in [0.717, 1.165) is 35.5 Å². The normalized spacial score (nSPS) is 12.4. The monoisotopic (exact) mass is 537 g/mol. The van der Waals surface area contributed by atoms with Crippen molar-refractivity contribution in [2.45, 2.75) is 23.5 Å². The summed E-state index contributed by atoms with van der Waals surface area (Å²) in [7, 11) is 0. The molecule has 2 heterocycles. The lowest BCUT2D eigenvalue weighted by molar-refractivity contribution is -0.137. The average molecular weight is 538 g/mol. The van der Waals surface area contributed by atoms with Gasteiger partial charge >= 0.3 is 6.18 Å². The van der Waals surface area contributed by atoms with Gasteiger partial charge in [-0.2, -0.15) is 13.2 Å². The van der Waals surface area contributed by atoms with Gasteiger partial charge in [-0.05, 0) is 61.5 Å². The van der Waals surface area contributed by atoms with Gasteiger partial charge in [-0.25, -0.2) is 0 Å². The van der Waals surface area contributed by atoms with Crippen LogP contribution in [0.5, 0.6) is 0 Å².